The second-order valence-corrected chi connectivity index (χ2v) is 6.84. The molecular weight excluding hydrogens is 250 g/mol. The summed E-state index contributed by atoms with van der Waals surface area (Å²) in [6.07, 6.45) is 3.92. The van der Waals surface area contributed by atoms with Crippen LogP contribution in [0.15, 0.2) is 29.2 Å². The Balaban J connectivity index is 1.98. The molecule has 0 radical (unpaired) electrons. The largest absolute Gasteiger partial charge is 0.382 e. The molecule has 1 saturated heterocycles. The van der Waals surface area contributed by atoms with Crippen LogP contribution in [0.2, 0.25) is 0 Å². The highest BCUT2D eigenvalue weighted by atomic mass is 32.2. The van der Waals surface area contributed by atoms with E-state index in [0.717, 1.165) is 25.1 Å². The monoisotopic (exact) mass is 269 g/mol. The van der Waals surface area contributed by atoms with Gasteiger partial charge in [0.1, 0.15) is 0 Å². The molecule has 4 nitrogen and oxygen atoms in total. The zero-order chi connectivity index (χ0) is 13.2. The molecule has 1 aliphatic heterocycles. The summed E-state index contributed by atoms with van der Waals surface area (Å²) in [6, 6.07) is 6.88. The van der Waals surface area contributed by atoms with Crippen LogP contribution in [0.25, 0.3) is 0 Å². The molecule has 18 heavy (non-hydrogen) atoms. The average molecular weight is 269 g/mol. The van der Waals surface area contributed by atoms with Crippen molar-refractivity contribution >= 4 is 15.5 Å². The predicted octanol–water partition coefficient (Wildman–Crippen LogP) is 2.07. The second-order valence-electron chi connectivity index (χ2n) is 4.83. The molecule has 0 spiro atoms. The van der Waals surface area contributed by atoms with Gasteiger partial charge in [-0.2, -0.15) is 0 Å². The molecule has 0 amide bonds. The van der Waals surface area contributed by atoms with Crippen LogP contribution in [0.4, 0.5) is 5.69 Å². The maximum Gasteiger partial charge on any atom is 0.175 e. The molecule has 1 aromatic rings. The SMILES string of the molecule is CC1CCC(CNc2cccc(S(C)(=O)=O)c2)O1. The molecule has 2 rings (SSSR count). The van der Waals surface area contributed by atoms with Crippen LogP contribution in [0.1, 0.15) is 19.8 Å². The lowest BCUT2D eigenvalue weighted by atomic mass is 10.2. The van der Waals surface area contributed by atoms with Gasteiger partial charge in [-0.1, -0.05) is 6.07 Å². The number of anilines is 1. The molecule has 1 fully saturated rings. The third-order valence-electron chi connectivity index (χ3n) is 3.12. The summed E-state index contributed by atoms with van der Waals surface area (Å²) in [4.78, 5) is 0.341. The Morgan fingerprint density at radius 3 is 2.78 bits per heavy atom. The molecule has 1 heterocycles. The van der Waals surface area contributed by atoms with Crippen molar-refractivity contribution in [1.29, 1.82) is 0 Å². The topological polar surface area (TPSA) is 55.4 Å². The van der Waals surface area contributed by atoms with Gasteiger partial charge in [-0.15, -0.1) is 0 Å². The van der Waals surface area contributed by atoms with Crippen LogP contribution in [0.3, 0.4) is 0 Å². The molecule has 2 atom stereocenters. The molecule has 0 saturated carbocycles. The van der Waals surface area contributed by atoms with Crippen LogP contribution in [-0.4, -0.2) is 33.4 Å². The fraction of sp³-hybridized carbons (Fsp3) is 0.538. The number of hydrogen-bond acceptors (Lipinski definition) is 4. The molecule has 0 aromatic heterocycles. The van der Waals surface area contributed by atoms with Crippen molar-refractivity contribution in [2.45, 2.75) is 36.9 Å². The number of nitrogens with one attached hydrogen (secondary N) is 1. The minimum atomic E-state index is -3.14. The van der Waals surface area contributed by atoms with E-state index < -0.39 is 9.84 Å². The summed E-state index contributed by atoms with van der Waals surface area (Å²) < 4.78 is 28.6. The first-order valence-corrected chi connectivity index (χ1v) is 8.04. The highest BCUT2D eigenvalue weighted by Gasteiger charge is 2.21. The Hall–Kier alpha value is -1.07. The lowest BCUT2D eigenvalue weighted by Crippen LogP contribution is -2.19. The van der Waals surface area contributed by atoms with Crippen LogP contribution < -0.4 is 5.32 Å². The molecule has 0 aliphatic carbocycles. The molecular formula is C13H19NO3S. The summed E-state index contributed by atoms with van der Waals surface area (Å²) in [7, 11) is -3.14. The molecule has 100 valence electrons. The molecule has 1 aromatic carbocycles. The van der Waals surface area contributed by atoms with E-state index in [1.54, 1.807) is 18.2 Å². The minimum absolute atomic E-state index is 0.224. The van der Waals surface area contributed by atoms with Gasteiger partial charge in [-0.3, -0.25) is 0 Å². The lowest BCUT2D eigenvalue weighted by Gasteiger charge is -2.13. The number of sulfone groups is 1. The predicted molar refractivity (Wildman–Crippen MR) is 71.6 cm³/mol. The maximum absolute atomic E-state index is 11.4. The molecule has 5 heteroatoms. The Bertz CT molecular complexity index is 513. The first kappa shape index (κ1) is 13.4. The van der Waals surface area contributed by atoms with Crippen molar-refractivity contribution < 1.29 is 13.2 Å². The highest BCUT2D eigenvalue weighted by Crippen LogP contribution is 2.20. The van der Waals surface area contributed by atoms with Crippen molar-refractivity contribution in [2.75, 3.05) is 18.1 Å². The van der Waals surface area contributed by atoms with Gasteiger partial charge in [0.05, 0.1) is 17.1 Å². The van der Waals surface area contributed by atoms with Crippen LogP contribution in [0, 0.1) is 0 Å². The normalized spacial score (nSPS) is 24.1. The van der Waals surface area contributed by atoms with E-state index >= 15 is 0 Å². The first-order chi connectivity index (χ1) is 8.45. The van der Waals surface area contributed by atoms with E-state index in [-0.39, 0.29) is 6.10 Å². The zero-order valence-electron chi connectivity index (χ0n) is 10.7. The smallest absolute Gasteiger partial charge is 0.175 e. The van der Waals surface area contributed by atoms with Gasteiger partial charge in [-0.25, -0.2) is 8.42 Å². The quantitative estimate of drug-likeness (QED) is 0.909. The van der Waals surface area contributed by atoms with Gasteiger partial charge in [0.15, 0.2) is 9.84 Å². The van der Waals surface area contributed by atoms with Crippen molar-refractivity contribution in [3.8, 4) is 0 Å². The summed E-state index contributed by atoms with van der Waals surface area (Å²) in [6.45, 7) is 2.79. The van der Waals surface area contributed by atoms with Crippen LogP contribution >= 0.6 is 0 Å². The van der Waals surface area contributed by atoms with Crippen LogP contribution in [-0.2, 0) is 14.6 Å². The Kier molecular flexibility index (Phi) is 3.92. The van der Waals surface area contributed by atoms with Gasteiger partial charge >= 0.3 is 0 Å². The van der Waals surface area contributed by atoms with Gasteiger partial charge in [0.2, 0.25) is 0 Å². The third kappa shape index (κ3) is 3.46. The van der Waals surface area contributed by atoms with E-state index in [2.05, 4.69) is 12.2 Å². The average Bonchev–Trinajstić information content (AvgIpc) is 2.72. The Morgan fingerprint density at radius 1 is 1.39 bits per heavy atom. The fourth-order valence-electron chi connectivity index (χ4n) is 2.10. The summed E-state index contributed by atoms with van der Waals surface area (Å²) in [5, 5.41) is 3.23. The van der Waals surface area contributed by atoms with Gasteiger partial charge < -0.3 is 10.1 Å². The molecule has 1 N–H and O–H groups in total. The third-order valence-corrected chi connectivity index (χ3v) is 4.23. The number of hydrogen-bond donors (Lipinski definition) is 1. The zero-order valence-corrected chi connectivity index (χ0v) is 11.5. The number of rotatable bonds is 4. The van der Waals surface area contributed by atoms with Gasteiger partial charge in [-0.05, 0) is 38.0 Å². The summed E-state index contributed by atoms with van der Waals surface area (Å²) in [5.74, 6) is 0. The second kappa shape index (κ2) is 5.28. The van der Waals surface area contributed by atoms with Crippen LogP contribution in [0.5, 0.6) is 0 Å². The molecule has 1 aliphatic rings. The highest BCUT2D eigenvalue weighted by molar-refractivity contribution is 7.90. The first-order valence-electron chi connectivity index (χ1n) is 6.14. The summed E-state index contributed by atoms with van der Waals surface area (Å²) in [5.41, 5.74) is 0.820. The van der Waals surface area contributed by atoms with Crippen molar-refractivity contribution in [2.24, 2.45) is 0 Å². The van der Waals surface area contributed by atoms with E-state index in [0.29, 0.717) is 11.0 Å². The van der Waals surface area contributed by atoms with E-state index in [1.807, 2.05) is 6.07 Å². The Morgan fingerprint density at radius 2 is 2.17 bits per heavy atom. The van der Waals surface area contributed by atoms with Gasteiger partial charge in [0.25, 0.3) is 0 Å². The number of ether oxygens (including phenoxy) is 1. The maximum atomic E-state index is 11.4. The van der Waals surface area contributed by atoms with Crippen molar-refractivity contribution in [3.63, 3.8) is 0 Å². The molecule has 0 bridgehead atoms. The lowest BCUT2D eigenvalue weighted by molar-refractivity contribution is 0.0637. The molecule has 2 unspecified atom stereocenters. The van der Waals surface area contributed by atoms with Crippen molar-refractivity contribution in [3.05, 3.63) is 24.3 Å². The van der Waals surface area contributed by atoms with E-state index in [9.17, 15) is 8.42 Å². The van der Waals surface area contributed by atoms with E-state index in [1.165, 1.54) is 6.26 Å². The van der Waals surface area contributed by atoms with E-state index in [4.69, 9.17) is 4.74 Å². The van der Waals surface area contributed by atoms with Crippen molar-refractivity contribution in [1.82, 2.24) is 0 Å². The standard InChI is InChI=1S/C13H19NO3S/c1-10-6-7-12(17-10)9-14-11-4-3-5-13(8-11)18(2,15)16/h3-5,8,10,12,14H,6-7,9H2,1-2H3. The Labute approximate surface area is 108 Å². The fourth-order valence-corrected chi connectivity index (χ4v) is 2.77. The minimum Gasteiger partial charge on any atom is -0.382 e. The summed E-state index contributed by atoms with van der Waals surface area (Å²) >= 11 is 0. The number of benzene rings is 1. The van der Waals surface area contributed by atoms with Gasteiger partial charge in [0, 0.05) is 18.5 Å².